The van der Waals surface area contributed by atoms with Crippen molar-refractivity contribution < 1.29 is 18.3 Å². The first-order valence-electron chi connectivity index (χ1n) is 9.97. The van der Waals surface area contributed by atoms with E-state index in [0.717, 1.165) is 32.1 Å². The van der Waals surface area contributed by atoms with Crippen molar-refractivity contribution in [1.82, 2.24) is 4.31 Å². The number of benzene rings is 3. The standard InChI is InChI=1S/C24H22ClNO4S/c25-22-11-9-19(10-12-22)18-7-5-17(6-8-18)13-14-31(29,30)26-16-21-4-2-1-3-20(21)15-23(26)24(27)28/h1-12,23H,13-16H2,(H,27,28). The highest BCUT2D eigenvalue weighted by molar-refractivity contribution is 7.89. The maximum Gasteiger partial charge on any atom is 0.322 e. The number of hydrogen-bond acceptors (Lipinski definition) is 3. The molecule has 7 heteroatoms. The molecule has 3 aromatic carbocycles. The van der Waals surface area contributed by atoms with Crippen molar-refractivity contribution in [2.75, 3.05) is 5.75 Å². The van der Waals surface area contributed by atoms with Gasteiger partial charge in [-0.15, -0.1) is 0 Å². The van der Waals surface area contributed by atoms with Crippen LogP contribution in [0.3, 0.4) is 0 Å². The van der Waals surface area contributed by atoms with Crippen LogP contribution in [0.5, 0.6) is 0 Å². The van der Waals surface area contributed by atoms with Gasteiger partial charge < -0.3 is 5.11 Å². The smallest absolute Gasteiger partial charge is 0.322 e. The fraction of sp³-hybridized carbons (Fsp3) is 0.208. The fourth-order valence-electron chi connectivity index (χ4n) is 3.87. The second-order valence-corrected chi connectivity index (χ2v) is 10.1. The number of sulfonamides is 1. The van der Waals surface area contributed by atoms with Crippen LogP contribution < -0.4 is 0 Å². The molecule has 0 aliphatic carbocycles. The lowest BCUT2D eigenvalue weighted by Crippen LogP contribution is -2.49. The first kappa shape index (κ1) is 21.6. The van der Waals surface area contributed by atoms with Gasteiger partial charge in [-0.1, -0.05) is 72.3 Å². The minimum atomic E-state index is -3.75. The highest BCUT2D eigenvalue weighted by atomic mass is 35.5. The van der Waals surface area contributed by atoms with Crippen molar-refractivity contribution >= 4 is 27.6 Å². The molecule has 0 radical (unpaired) electrons. The normalized spacial score (nSPS) is 16.6. The lowest BCUT2D eigenvalue weighted by atomic mass is 9.96. The number of carbonyl (C=O) groups is 1. The van der Waals surface area contributed by atoms with E-state index in [1.54, 1.807) is 0 Å². The molecule has 1 aliphatic rings. The molecule has 1 N–H and O–H groups in total. The van der Waals surface area contributed by atoms with Gasteiger partial charge in [0.1, 0.15) is 6.04 Å². The average Bonchev–Trinajstić information content (AvgIpc) is 2.78. The van der Waals surface area contributed by atoms with E-state index in [1.807, 2.05) is 72.8 Å². The molecule has 0 spiro atoms. The summed E-state index contributed by atoms with van der Waals surface area (Å²) >= 11 is 5.93. The van der Waals surface area contributed by atoms with Gasteiger partial charge in [0.2, 0.25) is 10.0 Å². The van der Waals surface area contributed by atoms with E-state index in [4.69, 9.17) is 11.6 Å². The number of halogens is 1. The highest BCUT2D eigenvalue weighted by Crippen LogP contribution is 2.27. The molecule has 31 heavy (non-hydrogen) atoms. The van der Waals surface area contributed by atoms with Crippen LogP contribution in [-0.4, -0.2) is 35.6 Å². The van der Waals surface area contributed by atoms with Crippen molar-refractivity contribution in [3.8, 4) is 11.1 Å². The second kappa shape index (κ2) is 8.83. The SMILES string of the molecule is O=C(O)C1Cc2ccccc2CN1S(=O)(=O)CCc1ccc(-c2ccc(Cl)cc2)cc1. The minimum absolute atomic E-state index is 0.0883. The summed E-state index contributed by atoms with van der Waals surface area (Å²) in [5.74, 6) is -1.26. The summed E-state index contributed by atoms with van der Waals surface area (Å²) in [6.07, 6.45) is 0.494. The third-order valence-corrected chi connectivity index (χ3v) is 7.70. The third-order valence-electron chi connectivity index (χ3n) is 5.63. The van der Waals surface area contributed by atoms with Crippen LogP contribution >= 0.6 is 11.6 Å². The third kappa shape index (κ3) is 4.82. The molecule has 1 heterocycles. The highest BCUT2D eigenvalue weighted by Gasteiger charge is 2.38. The van der Waals surface area contributed by atoms with E-state index in [1.165, 1.54) is 0 Å². The summed E-state index contributed by atoms with van der Waals surface area (Å²) in [5, 5.41) is 10.3. The molecule has 4 rings (SSSR count). The van der Waals surface area contributed by atoms with E-state index in [0.29, 0.717) is 11.4 Å². The summed E-state index contributed by atoms with van der Waals surface area (Å²) in [4.78, 5) is 11.8. The number of carboxylic acids is 1. The van der Waals surface area contributed by atoms with Crippen molar-refractivity contribution in [3.05, 3.63) is 94.5 Å². The Bertz CT molecular complexity index is 1190. The van der Waals surface area contributed by atoms with Crippen molar-refractivity contribution in [3.63, 3.8) is 0 Å². The lowest BCUT2D eigenvalue weighted by molar-refractivity contribution is -0.141. The molecule has 5 nitrogen and oxygen atoms in total. The summed E-state index contributed by atoms with van der Waals surface area (Å²) in [5.41, 5.74) is 4.67. The minimum Gasteiger partial charge on any atom is -0.480 e. The predicted molar refractivity (Wildman–Crippen MR) is 121 cm³/mol. The van der Waals surface area contributed by atoms with Gasteiger partial charge in [-0.25, -0.2) is 8.42 Å². The molecular weight excluding hydrogens is 434 g/mol. The fourth-order valence-corrected chi connectivity index (χ4v) is 5.61. The summed E-state index contributed by atoms with van der Waals surface area (Å²) < 4.78 is 27.2. The Morgan fingerprint density at radius 3 is 2.13 bits per heavy atom. The van der Waals surface area contributed by atoms with Crippen LogP contribution in [0.2, 0.25) is 5.02 Å². The number of carboxylic acid groups (broad SMARTS) is 1. The predicted octanol–water partition coefficient (Wildman–Crippen LogP) is 4.39. The Balaban J connectivity index is 1.48. The summed E-state index contributed by atoms with van der Waals surface area (Å²) in [7, 11) is -3.75. The second-order valence-electron chi connectivity index (χ2n) is 7.64. The van der Waals surface area contributed by atoms with Gasteiger partial charge in [-0.2, -0.15) is 4.31 Å². The van der Waals surface area contributed by atoms with Crippen molar-refractivity contribution in [2.45, 2.75) is 25.4 Å². The molecule has 160 valence electrons. The molecule has 0 fully saturated rings. The van der Waals surface area contributed by atoms with Crippen LogP contribution in [0.15, 0.2) is 72.8 Å². The number of fused-ring (bicyclic) bond motifs is 1. The zero-order valence-electron chi connectivity index (χ0n) is 16.7. The summed E-state index contributed by atoms with van der Waals surface area (Å²) in [6, 6.07) is 21.5. The van der Waals surface area contributed by atoms with E-state index in [9.17, 15) is 18.3 Å². The van der Waals surface area contributed by atoms with E-state index in [-0.39, 0.29) is 18.7 Å². The van der Waals surface area contributed by atoms with E-state index < -0.39 is 22.0 Å². The van der Waals surface area contributed by atoms with Gasteiger partial charge in [0.15, 0.2) is 0 Å². The molecule has 3 aromatic rings. The Morgan fingerprint density at radius 1 is 0.935 bits per heavy atom. The molecule has 1 unspecified atom stereocenters. The van der Waals surface area contributed by atoms with Gasteiger partial charge in [0, 0.05) is 18.0 Å². The molecule has 0 saturated heterocycles. The Hall–Kier alpha value is -2.67. The molecule has 0 amide bonds. The number of hydrogen-bond donors (Lipinski definition) is 1. The number of nitrogens with zero attached hydrogens (tertiary/aromatic N) is 1. The molecular formula is C24H22ClNO4S. The van der Waals surface area contributed by atoms with E-state index in [2.05, 4.69) is 0 Å². The number of rotatable bonds is 6. The molecule has 0 bridgehead atoms. The van der Waals surface area contributed by atoms with Gasteiger partial charge in [0.25, 0.3) is 0 Å². The van der Waals surface area contributed by atoms with Gasteiger partial charge in [0.05, 0.1) is 5.75 Å². The van der Waals surface area contributed by atoms with Gasteiger partial charge in [-0.3, -0.25) is 4.79 Å². The maximum absolute atomic E-state index is 13.1. The van der Waals surface area contributed by atoms with Crippen molar-refractivity contribution in [1.29, 1.82) is 0 Å². The lowest BCUT2D eigenvalue weighted by Gasteiger charge is -2.33. The molecule has 0 aromatic heterocycles. The van der Waals surface area contributed by atoms with Gasteiger partial charge >= 0.3 is 5.97 Å². The van der Waals surface area contributed by atoms with Crippen LogP contribution in [0.25, 0.3) is 11.1 Å². The number of aryl methyl sites for hydroxylation is 1. The zero-order valence-corrected chi connectivity index (χ0v) is 18.3. The molecule has 1 aliphatic heterocycles. The zero-order chi connectivity index (χ0) is 22.0. The topological polar surface area (TPSA) is 74.7 Å². The van der Waals surface area contributed by atoms with Crippen LogP contribution in [0, 0.1) is 0 Å². The summed E-state index contributed by atoms with van der Waals surface area (Å²) in [6.45, 7) is 0.0883. The molecule has 1 atom stereocenters. The first-order valence-corrected chi connectivity index (χ1v) is 12.0. The van der Waals surface area contributed by atoms with Crippen molar-refractivity contribution in [2.24, 2.45) is 0 Å². The first-order chi connectivity index (χ1) is 14.8. The number of aliphatic carboxylic acids is 1. The van der Waals surface area contributed by atoms with Crippen LogP contribution in [0.1, 0.15) is 16.7 Å². The Morgan fingerprint density at radius 2 is 1.52 bits per heavy atom. The van der Waals surface area contributed by atoms with Gasteiger partial charge in [-0.05, 0) is 46.4 Å². The largest absolute Gasteiger partial charge is 0.480 e. The Labute approximate surface area is 187 Å². The van der Waals surface area contributed by atoms with Crippen LogP contribution in [0.4, 0.5) is 0 Å². The maximum atomic E-state index is 13.1. The molecule has 0 saturated carbocycles. The average molecular weight is 456 g/mol. The van der Waals surface area contributed by atoms with E-state index >= 15 is 0 Å². The monoisotopic (exact) mass is 455 g/mol. The quantitative estimate of drug-likeness (QED) is 0.598. The Kier molecular flexibility index (Phi) is 6.14. The van der Waals surface area contributed by atoms with Crippen LogP contribution in [-0.2, 0) is 34.2 Å².